The molecule has 1 rings (SSSR count). The number of rotatable bonds is 11. The van der Waals surface area contributed by atoms with E-state index in [4.69, 9.17) is 19.3 Å². The molecule has 0 aromatic heterocycles. The van der Waals surface area contributed by atoms with Gasteiger partial charge in [-0.2, -0.15) is 11.8 Å². The van der Waals surface area contributed by atoms with Crippen LogP contribution in [-0.2, 0) is 29.5 Å². The molecule has 1 atom stereocenters. The van der Waals surface area contributed by atoms with E-state index in [0.29, 0.717) is 11.3 Å². The highest BCUT2D eigenvalue weighted by molar-refractivity contribution is 7.98. The summed E-state index contributed by atoms with van der Waals surface area (Å²) in [5.41, 5.74) is 1.93. The van der Waals surface area contributed by atoms with Gasteiger partial charge in [0.2, 0.25) is 5.91 Å². The van der Waals surface area contributed by atoms with E-state index in [1.165, 1.54) is 18.9 Å². The molecule has 0 saturated heterocycles. The summed E-state index contributed by atoms with van der Waals surface area (Å²) in [7, 11) is -1.03. The van der Waals surface area contributed by atoms with Crippen molar-refractivity contribution in [2.45, 2.75) is 64.0 Å². The molecule has 0 bridgehead atoms. The minimum absolute atomic E-state index is 0.0970. The second-order valence-corrected chi connectivity index (χ2v) is 14.7. The zero-order valence-electron chi connectivity index (χ0n) is 19.9. The SMILES string of the molecule is COC(=O)C(CSCc1cccc(C)c1C(=O)OO[Si](C)(C)C(C)(C)C)NC(=O)CCO. The summed E-state index contributed by atoms with van der Waals surface area (Å²) in [6.07, 6.45) is -0.0970. The number of amides is 1. The van der Waals surface area contributed by atoms with Gasteiger partial charge >= 0.3 is 11.9 Å². The van der Waals surface area contributed by atoms with Crippen LogP contribution in [0.3, 0.4) is 0 Å². The first-order valence-corrected chi connectivity index (χ1v) is 14.4. The first-order chi connectivity index (χ1) is 14.8. The van der Waals surface area contributed by atoms with Crippen LogP contribution in [-0.4, -0.2) is 56.8 Å². The Bertz CT molecular complexity index is 808. The minimum Gasteiger partial charge on any atom is -0.467 e. The van der Waals surface area contributed by atoms with E-state index in [2.05, 4.69) is 26.1 Å². The lowest BCUT2D eigenvalue weighted by Crippen LogP contribution is -2.43. The highest BCUT2D eigenvalue weighted by Gasteiger charge is 2.40. The Hall–Kier alpha value is -1.88. The normalized spacial score (nSPS) is 12.8. The zero-order chi connectivity index (χ0) is 24.5. The molecule has 1 aromatic carbocycles. The van der Waals surface area contributed by atoms with Gasteiger partial charge in [-0.1, -0.05) is 39.0 Å². The van der Waals surface area contributed by atoms with E-state index < -0.39 is 32.2 Å². The highest BCUT2D eigenvalue weighted by atomic mass is 32.2. The second kappa shape index (κ2) is 12.4. The van der Waals surface area contributed by atoms with Crippen molar-refractivity contribution in [2.24, 2.45) is 0 Å². The van der Waals surface area contributed by atoms with Gasteiger partial charge in [0.05, 0.1) is 19.3 Å². The summed E-state index contributed by atoms with van der Waals surface area (Å²) in [6.45, 7) is 11.7. The van der Waals surface area contributed by atoms with Crippen LogP contribution in [0.15, 0.2) is 18.2 Å². The predicted molar refractivity (Wildman–Crippen MR) is 127 cm³/mol. The number of carbonyl (C=O) groups is 3. The smallest absolute Gasteiger partial charge is 0.372 e. The number of aliphatic hydroxyl groups excluding tert-OH is 1. The molecule has 32 heavy (non-hydrogen) atoms. The summed E-state index contributed by atoms with van der Waals surface area (Å²) in [4.78, 5) is 41.8. The van der Waals surface area contributed by atoms with Gasteiger partial charge in [-0.05, 0) is 36.2 Å². The number of hydrogen-bond donors (Lipinski definition) is 2. The predicted octanol–water partition coefficient (Wildman–Crippen LogP) is 3.36. The fraction of sp³-hybridized carbons (Fsp3) is 0.591. The molecule has 1 amide bonds. The molecule has 0 aliphatic rings. The Kier molecular flexibility index (Phi) is 10.9. The van der Waals surface area contributed by atoms with E-state index in [0.717, 1.165) is 11.1 Å². The van der Waals surface area contributed by atoms with Gasteiger partial charge in [0.15, 0.2) is 0 Å². The molecule has 0 fully saturated rings. The van der Waals surface area contributed by atoms with E-state index in [1.807, 2.05) is 38.2 Å². The highest BCUT2D eigenvalue weighted by Crippen LogP contribution is 2.37. The lowest BCUT2D eigenvalue weighted by atomic mass is 10.0. The van der Waals surface area contributed by atoms with Crippen molar-refractivity contribution in [1.29, 1.82) is 0 Å². The average Bonchev–Trinajstić information content (AvgIpc) is 2.70. The second-order valence-electron chi connectivity index (χ2n) is 8.96. The number of thioether (sulfide) groups is 1. The monoisotopic (exact) mass is 485 g/mol. The van der Waals surface area contributed by atoms with Gasteiger partial charge in [0.25, 0.3) is 8.32 Å². The molecule has 8 nitrogen and oxygen atoms in total. The third-order valence-corrected chi connectivity index (χ3v) is 10.6. The zero-order valence-corrected chi connectivity index (χ0v) is 21.8. The van der Waals surface area contributed by atoms with Gasteiger partial charge in [-0.3, -0.25) is 4.79 Å². The number of benzene rings is 1. The number of aryl methyl sites for hydroxylation is 1. The quantitative estimate of drug-likeness (QED) is 0.212. The largest absolute Gasteiger partial charge is 0.467 e. The van der Waals surface area contributed by atoms with Crippen molar-refractivity contribution >= 4 is 37.9 Å². The number of ether oxygens (including phenoxy) is 1. The third kappa shape index (κ3) is 8.23. The molecular formula is C22H35NO7SSi. The van der Waals surface area contributed by atoms with Gasteiger partial charge < -0.3 is 20.0 Å². The van der Waals surface area contributed by atoms with Crippen molar-refractivity contribution in [1.82, 2.24) is 5.32 Å². The molecule has 180 valence electrons. The summed E-state index contributed by atoms with van der Waals surface area (Å²) in [5, 5.41) is 11.3. The van der Waals surface area contributed by atoms with Crippen LogP contribution in [0, 0.1) is 6.92 Å². The Morgan fingerprint density at radius 1 is 1.22 bits per heavy atom. The fourth-order valence-corrected chi connectivity index (χ4v) is 3.98. The van der Waals surface area contributed by atoms with E-state index in [-0.39, 0.29) is 23.8 Å². The molecule has 10 heteroatoms. The molecule has 2 N–H and O–H groups in total. The maximum absolute atomic E-state index is 12.8. The van der Waals surface area contributed by atoms with Crippen LogP contribution in [0.2, 0.25) is 18.1 Å². The molecule has 0 saturated carbocycles. The van der Waals surface area contributed by atoms with Crippen molar-refractivity contribution in [2.75, 3.05) is 19.5 Å². The number of hydrogen-bond acceptors (Lipinski definition) is 8. The molecule has 0 heterocycles. The van der Waals surface area contributed by atoms with Crippen molar-refractivity contribution in [3.8, 4) is 0 Å². The average molecular weight is 486 g/mol. The maximum atomic E-state index is 12.8. The van der Waals surface area contributed by atoms with E-state index >= 15 is 0 Å². The van der Waals surface area contributed by atoms with Gasteiger partial charge in [0.1, 0.15) is 6.04 Å². The molecular weight excluding hydrogens is 450 g/mol. The number of carbonyl (C=O) groups excluding carboxylic acids is 3. The van der Waals surface area contributed by atoms with Gasteiger partial charge in [-0.25, -0.2) is 14.2 Å². The first kappa shape index (κ1) is 28.2. The summed E-state index contributed by atoms with van der Waals surface area (Å²) < 4.78 is 10.4. The number of methoxy groups -OCH3 is 1. The Balaban J connectivity index is 2.88. The molecule has 0 aliphatic carbocycles. The lowest BCUT2D eigenvalue weighted by molar-refractivity contribution is -0.163. The van der Waals surface area contributed by atoms with Crippen LogP contribution in [0.25, 0.3) is 0 Å². The topological polar surface area (TPSA) is 111 Å². The fourth-order valence-electron chi connectivity index (χ4n) is 2.42. The number of aliphatic hydroxyl groups is 1. The molecule has 0 spiro atoms. The van der Waals surface area contributed by atoms with Crippen molar-refractivity contribution in [3.05, 3.63) is 34.9 Å². The first-order valence-electron chi connectivity index (χ1n) is 10.4. The van der Waals surface area contributed by atoms with E-state index in [1.54, 1.807) is 0 Å². The lowest BCUT2D eigenvalue weighted by Gasteiger charge is -2.33. The van der Waals surface area contributed by atoms with Gasteiger partial charge in [0, 0.05) is 17.9 Å². The van der Waals surface area contributed by atoms with Crippen LogP contribution >= 0.6 is 11.8 Å². The Labute approximate surface area is 195 Å². The summed E-state index contributed by atoms with van der Waals surface area (Å²) >= 11 is 1.37. The molecule has 1 unspecified atom stereocenters. The molecule has 0 aliphatic heterocycles. The molecule has 0 radical (unpaired) electrons. The van der Waals surface area contributed by atoms with Crippen LogP contribution < -0.4 is 5.32 Å². The Morgan fingerprint density at radius 2 is 1.88 bits per heavy atom. The summed E-state index contributed by atoms with van der Waals surface area (Å²) in [5.74, 6) is -0.909. The maximum Gasteiger partial charge on any atom is 0.372 e. The van der Waals surface area contributed by atoms with E-state index in [9.17, 15) is 14.4 Å². The number of esters is 1. The van der Waals surface area contributed by atoms with Gasteiger partial charge in [-0.15, -0.1) is 0 Å². The third-order valence-electron chi connectivity index (χ3n) is 5.40. The standard InChI is InChI=1S/C22H35NO7SSi/c1-15-9-8-10-16(19(15)21(27)29-30-32(6,7)22(2,3)4)13-31-14-17(20(26)28-5)23-18(25)11-12-24/h8-10,17,24H,11-14H2,1-7H3,(H,23,25). The summed E-state index contributed by atoms with van der Waals surface area (Å²) in [6, 6.07) is 4.63. The van der Waals surface area contributed by atoms with Crippen LogP contribution in [0.4, 0.5) is 0 Å². The van der Waals surface area contributed by atoms with Crippen molar-refractivity contribution in [3.63, 3.8) is 0 Å². The molecule has 1 aromatic rings. The minimum atomic E-state index is -2.27. The van der Waals surface area contributed by atoms with Crippen LogP contribution in [0.1, 0.15) is 48.7 Å². The number of nitrogens with one attached hydrogen (secondary N) is 1. The Morgan fingerprint density at radius 3 is 2.44 bits per heavy atom. The van der Waals surface area contributed by atoms with Crippen molar-refractivity contribution < 1.29 is 33.7 Å². The van der Waals surface area contributed by atoms with Crippen LogP contribution in [0.5, 0.6) is 0 Å².